The highest BCUT2D eigenvalue weighted by atomic mass is 32.2. The van der Waals surface area contributed by atoms with Crippen LogP contribution >= 0.6 is 11.8 Å². The van der Waals surface area contributed by atoms with Crippen LogP contribution in [0.1, 0.15) is 21.9 Å². The highest BCUT2D eigenvalue weighted by molar-refractivity contribution is 8.00. The minimum atomic E-state index is -0.539. The van der Waals surface area contributed by atoms with Crippen molar-refractivity contribution in [3.05, 3.63) is 120 Å². The van der Waals surface area contributed by atoms with E-state index in [4.69, 9.17) is 0 Å². The normalized spacial score (nSPS) is 11.7. The van der Waals surface area contributed by atoms with Crippen LogP contribution in [0.2, 0.25) is 0 Å². The summed E-state index contributed by atoms with van der Waals surface area (Å²) in [6.45, 7) is 4.01. The van der Waals surface area contributed by atoms with Gasteiger partial charge in [0.15, 0.2) is 11.0 Å². The standard InChI is InChI=1S/C29H25N5OS/c1-20-13-14-21(2)25(19-20)31-28(35)26(22-9-5-3-6-10-22)36-29-33-32-27(23-15-17-30-18-16-23)34(29)24-11-7-4-8-12-24/h3-19,26H,1-2H3,(H,31,35). The van der Waals surface area contributed by atoms with E-state index < -0.39 is 5.25 Å². The van der Waals surface area contributed by atoms with Crippen molar-refractivity contribution in [2.24, 2.45) is 0 Å². The molecule has 0 bridgehead atoms. The topological polar surface area (TPSA) is 72.7 Å². The van der Waals surface area contributed by atoms with E-state index in [-0.39, 0.29) is 5.91 Å². The second-order valence-electron chi connectivity index (χ2n) is 8.43. The SMILES string of the molecule is Cc1ccc(C)c(NC(=O)C(Sc2nnc(-c3ccncc3)n2-c2ccccc2)c2ccccc2)c1. The lowest BCUT2D eigenvalue weighted by atomic mass is 10.1. The number of thioether (sulfide) groups is 1. The fourth-order valence-electron chi connectivity index (χ4n) is 3.92. The van der Waals surface area contributed by atoms with Gasteiger partial charge in [-0.15, -0.1) is 10.2 Å². The highest BCUT2D eigenvalue weighted by Gasteiger charge is 2.27. The van der Waals surface area contributed by atoms with Gasteiger partial charge in [0.25, 0.3) is 0 Å². The summed E-state index contributed by atoms with van der Waals surface area (Å²) < 4.78 is 1.99. The fourth-order valence-corrected chi connectivity index (χ4v) is 4.97. The number of benzene rings is 3. The third-order valence-corrected chi connectivity index (χ3v) is 7.00. The van der Waals surface area contributed by atoms with Gasteiger partial charge >= 0.3 is 0 Å². The van der Waals surface area contributed by atoms with Crippen LogP contribution in [0.4, 0.5) is 5.69 Å². The van der Waals surface area contributed by atoms with E-state index in [0.717, 1.165) is 33.6 Å². The third-order valence-electron chi connectivity index (χ3n) is 5.80. The molecule has 5 aromatic rings. The van der Waals surface area contributed by atoms with E-state index in [9.17, 15) is 4.79 Å². The second-order valence-corrected chi connectivity index (χ2v) is 9.50. The van der Waals surface area contributed by atoms with Crippen molar-refractivity contribution in [3.63, 3.8) is 0 Å². The zero-order valence-corrected chi connectivity index (χ0v) is 20.8. The molecular weight excluding hydrogens is 466 g/mol. The predicted molar refractivity (Wildman–Crippen MR) is 144 cm³/mol. The molecule has 2 heterocycles. The van der Waals surface area contributed by atoms with Crippen LogP contribution < -0.4 is 5.32 Å². The zero-order valence-electron chi connectivity index (χ0n) is 20.0. The second kappa shape index (κ2) is 10.6. The van der Waals surface area contributed by atoms with Gasteiger partial charge in [0, 0.05) is 29.3 Å². The van der Waals surface area contributed by atoms with Crippen LogP contribution in [0.3, 0.4) is 0 Å². The number of hydrogen-bond donors (Lipinski definition) is 1. The predicted octanol–water partition coefficient (Wildman–Crippen LogP) is 6.42. The van der Waals surface area contributed by atoms with Crippen molar-refractivity contribution in [2.75, 3.05) is 5.32 Å². The molecule has 7 heteroatoms. The van der Waals surface area contributed by atoms with Crippen LogP contribution in [-0.4, -0.2) is 25.7 Å². The lowest BCUT2D eigenvalue weighted by Gasteiger charge is -2.18. The van der Waals surface area contributed by atoms with Crippen molar-refractivity contribution in [1.82, 2.24) is 19.7 Å². The van der Waals surface area contributed by atoms with E-state index in [1.54, 1.807) is 12.4 Å². The molecule has 1 N–H and O–H groups in total. The monoisotopic (exact) mass is 491 g/mol. The third kappa shape index (κ3) is 5.06. The number of amides is 1. The first-order chi connectivity index (χ1) is 17.6. The molecule has 0 radical (unpaired) electrons. The number of carbonyl (C=O) groups is 1. The Kier molecular flexibility index (Phi) is 6.91. The molecule has 0 fully saturated rings. The Bertz CT molecular complexity index is 1470. The van der Waals surface area contributed by atoms with Gasteiger partial charge < -0.3 is 5.32 Å². The average molecular weight is 492 g/mol. The maximum atomic E-state index is 13.7. The quantitative estimate of drug-likeness (QED) is 0.266. The summed E-state index contributed by atoms with van der Waals surface area (Å²) in [5, 5.41) is 12.3. The first-order valence-electron chi connectivity index (χ1n) is 11.6. The number of carbonyl (C=O) groups excluding carboxylic acids is 1. The Labute approximate surface area is 214 Å². The molecule has 0 aliphatic rings. The Morgan fingerprint density at radius 3 is 2.28 bits per heavy atom. The summed E-state index contributed by atoms with van der Waals surface area (Å²) in [6, 6.07) is 29.5. The highest BCUT2D eigenvalue weighted by Crippen LogP contribution is 2.38. The number of aromatic nitrogens is 4. The summed E-state index contributed by atoms with van der Waals surface area (Å²) in [5.41, 5.74) is 5.61. The smallest absolute Gasteiger partial charge is 0.242 e. The molecule has 1 amide bonds. The Morgan fingerprint density at radius 1 is 0.861 bits per heavy atom. The van der Waals surface area contributed by atoms with Gasteiger partial charge in [-0.1, -0.05) is 72.4 Å². The lowest BCUT2D eigenvalue weighted by Crippen LogP contribution is -2.20. The van der Waals surface area contributed by atoms with Crippen LogP contribution in [0.15, 0.2) is 109 Å². The molecule has 0 aliphatic carbocycles. The van der Waals surface area contributed by atoms with Crippen LogP contribution in [-0.2, 0) is 4.79 Å². The first-order valence-corrected chi connectivity index (χ1v) is 12.5. The van der Waals surface area contributed by atoms with Gasteiger partial charge in [0.1, 0.15) is 5.25 Å². The number of nitrogens with zero attached hydrogens (tertiary/aromatic N) is 4. The van der Waals surface area contributed by atoms with Crippen LogP contribution in [0, 0.1) is 13.8 Å². The molecule has 2 aromatic heterocycles. The molecule has 0 spiro atoms. The number of anilines is 1. The van der Waals surface area contributed by atoms with Gasteiger partial charge in [0.05, 0.1) is 0 Å². The van der Waals surface area contributed by atoms with Crippen molar-refractivity contribution >= 4 is 23.4 Å². The first kappa shape index (κ1) is 23.5. The van der Waals surface area contributed by atoms with Crippen molar-refractivity contribution in [3.8, 4) is 17.1 Å². The van der Waals surface area contributed by atoms with Crippen LogP contribution in [0.5, 0.6) is 0 Å². The molecule has 6 nitrogen and oxygen atoms in total. The van der Waals surface area contributed by atoms with E-state index in [2.05, 4.69) is 20.5 Å². The molecule has 0 saturated carbocycles. The van der Waals surface area contributed by atoms with Crippen LogP contribution in [0.25, 0.3) is 17.1 Å². The van der Waals surface area contributed by atoms with E-state index >= 15 is 0 Å². The zero-order chi connectivity index (χ0) is 24.9. The Hall–Kier alpha value is -4.23. The maximum Gasteiger partial charge on any atom is 0.242 e. The molecule has 3 aromatic carbocycles. The fraction of sp³-hybridized carbons (Fsp3) is 0.103. The van der Waals surface area contributed by atoms with Gasteiger partial charge in [0.2, 0.25) is 5.91 Å². The molecule has 5 rings (SSSR count). The molecule has 0 saturated heterocycles. The summed E-state index contributed by atoms with van der Waals surface area (Å²) in [5.74, 6) is 0.570. The molecule has 1 atom stereocenters. The number of hydrogen-bond acceptors (Lipinski definition) is 5. The van der Waals surface area contributed by atoms with Crippen molar-refractivity contribution in [1.29, 1.82) is 0 Å². The van der Waals surface area contributed by atoms with Gasteiger partial charge in [-0.05, 0) is 60.9 Å². The average Bonchev–Trinajstić information content (AvgIpc) is 3.34. The lowest BCUT2D eigenvalue weighted by molar-refractivity contribution is -0.115. The Balaban J connectivity index is 1.56. The molecule has 36 heavy (non-hydrogen) atoms. The summed E-state index contributed by atoms with van der Waals surface area (Å²) in [4.78, 5) is 17.8. The van der Waals surface area contributed by atoms with E-state index in [1.807, 2.05) is 109 Å². The van der Waals surface area contributed by atoms with Gasteiger partial charge in [-0.2, -0.15) is 0 Å². The van der Waals surface area contributed by atoms with E-state index in [1.165, 1.54) is 11.8 Å². The minimum absolute atomic E-state index is 0.118. The Morgan fingerprint density at radius 2 is 1.56 bits per heavy atom. The van der Waals surface area contributed by atoms with Crippen molar-refractivity contribution in [2.45, 2.75) is 24.3 Å². The molecule has 178 valence electrons. The minimum Gasteiger partial charge on any atom is -0.325 e. The summed E-state index contributed by atoms with van der Waals surface area (Å²) in [6.07, 6.45) is 3.47. The number of rotatable bonds is 7. The number of pyridine rings is 1. The molecule has 1 unspecified atom stereocenters. The largest absolute Gasteiger partial charge is 0.325 e. The van der Waals surface area contributed by atoms with Crippen molar-refractivity contribution < 1.29 is 4.79 Å². The summed E-state index contributed by atoms with van der Waals surface area (Å²) >= 11 is 1.38. The van der Waals surface area contributed by atoms with Gasteiger partial charge in [-0.25, -0.2) is 0 Å². The number of aryl methyl sites for hydroxylation is 2. The number of para-hydroxylation sites is 1. The number of nitrogens with one attached hydrogen (secondary N) is 1. The van der Waals surface area contributed by atoms with E-state index in [0.29, 0.717) is 11.0 Å². The molecular formula is C29H25N5OS. The maximum absolute atomic E-state index is 13.7. The molecule has 0 aliphatic heterocycles. The summed E-state index contributed by atoms with van der Waals surface area (Å²) in [7, 11) is 0. The van der Waals surface area contributed by atoms with Gasteiger partial charge in [-0.3, -0.25) is 14.3 Å².